The third-order valence-electron chi connectivity index (χ3n) is 7.40. The monoisotopic (exact) mass is 640 g/mol. The Morgan fingerprint density at radius 2 is 1.04 bits per heavy atom. The maximum absolute atomic E-state index is 14.6. The van der Waals surface area contributed by atoms with Crippen LogP contribution in [0.3, 0.4) is 0 Å². The van der Waals surface area contributed by atoms with E-state index in [1.165, 1.54) is 48.5 Å². The lowest BCUT2D eigenvalue weighted by Crippen LogP contribution is -2.53. The first-order valence-corrected chi connectivity index (χ1v) is 14.1. The molecule has 0 heterocycles. The Morgan fingerprint density at radius 1 is 0.644 bits per heavy atom. The van der Waals surface area contributed by atoms with Crippen LogP contribution in [0.2, 0.25) is 0 Å². The normalized spacial score (nSPS) is 16.1. The number of hydrogen-bond donors (Lipinski definition) is 0. The van der Waals surface area contributed by atoms with Crippen molar-refractivity contribution in [3.8, 4) is 0 Å². The predicted octanol–water partition coefficient (Wildman–Crippen LogP) is 7.97. The van der Waals surface area contributed by atoms with Gasteiger partial charge in [0.25, 0.3) is 11.2 Å². The topological polar surface area (TPSA) is 71.1 Å². The smallest absolute Gasteiger partial charge is 0.432 e. The number of esters is 2. The van der Waals surface area contributed by atoms with E-state index in [4.69, 9.17) is 18.9 Å². The lowest BCUT2D eigenvalue weighted by atomic mass is 9.91. The fraction of sp³-hybridized carbons (Fsp3) is 0.394. The van der Waals surface area contributed by atoms with E-state index in [1.54, 1.807) is 25.1 Å². The third kappa shape index (κ3) is 7.50. The van der Waals surface area contributed by atoms with Gasteiger partial charge in [-0.1, -0.05) is 111 Å². The predicted molar refractivity (Wildman–Crippen MR) is 152 cm³/mol. The van der Waals surface area contributed by atoms with Crippen LogP contribution in [0.25, 0.3) is 0 Å². The molecule has 3 rings (SSSR count). The molecule has 0 N–H and O–H groups in total. The van der Waals surface area contributed by atoms with Crippen LogP contribution in [0.4, 0.5) is 26.3 Å². The van der Waals surface area contributed by atoms with Gasteiger partial charge >= 0.3 is 24.3 Å². The second-order valence-electron chi connectivity index (χ2n) is 10.2. The van der Waals surface area contributed by atoms with Crippen molar-refractivity contribution in [2.24, 2.45) is 0 Å². The van der Waals surface area contributed by atoms with E-state index in [9.17, 15) is 35.9 Å². The zero-order valence-electron chi connectivity index (χ0n) is 24.9. The van der Waals surface area contributed by atoms with E-state index in [0.29, 0.717) is 12.8 Å². The summed E-state index contributed by atoms with van der Waals surface area (Å²) < 4.78 is 108. The largest absolute Gasteiger partial charge is 0.460 e. The molecule has 0 aliphatic heterocycles. The first kappa shape index (κ1) is 35.6. The average molecular weight is 641 g/mol. The molecule has 0 aromatic heterocycles. The van der Waals surface area contributed by atoms with Crippen LogP contribution < -0.4 is 0 Å². The molecular formula is C33H34F6O6. The molecule has 0 saturated heterocycles. The number of hydrogen-bond acceptors (Lipinski definition) is 6. The molecule has 0 aliphatic carbocycles. The molecule has 0 fully saturated rings. The van der Waals surface area contributed by atoms with Gasteiger partial charge in [-0.15, -0.1) is 0 Å². The molecule has 0 amide bonds. The van der Waals surface area contributed by atoms with E-state index in [0.717, 1.165) is 38.5 Å². The highest BCUT2D eigenvalue weighted by Gasteiger charge is 2.65. The van der Waals surface area contributed by atoms with Gasteiger partial charge in [-0.3, -0.25) is 0 Å². The van der Waals surface area contributed by atoms with E-state index < -0.39 is 65.2 Å². The summed E-state index contributed by atoms with van der Waals surface area (Å²) in [6.07, 6.45) is -12.8. The van der Waals surface area contributed by atoms with Crippen molar-refractivity contribution < 1.29 is 54.9 Å². The minimum atomic E-state index is -5.27. The minimum absolute atomic E-state index is 0.0168. The van der Waals surface area contributed by atoms with Crippen molar-refractivity contribution in [3.63, 3.8) is 0 Å². The van der Waals surface area contributed by atoms with Gasteiger partial charge < -0.3 is 18.9 Å². The zero-order chi connectivity index (χ0) is 33.3. The summed E-state index contributed by atoms with van der Waals surface area (Å²) in [5.74, 6) is -3.57. The van der Waals surface area contributed by atoms with E-state index in [1.807, 2.05) is 0 Å². The number of alkyl halides is 6. The van der Waals surface area contributed by atoms with Crippen LogP contribution in [0.15, 0.2) is 91.0 Å². The van der Waals surface area contributed by atoms with Gasteiger partial charge in [-0.05, 0) is 12.0 Å². The molecule has 12 heteroatoms. The minimum Gasteiger partial charge on any atom is -0.460 e. The Balaban J connectivity index is 2.05. The van der Waals surface area contributed by atoms with Gasteiger partial charge in [0.1, 0.15) is 12.2 Å². The van der Waals surface area contributed by atoms with E-state index in [-0.39, 0.29) is 12.0 Å². The van der Waals surface area contributed by atoms with Crippen molar-refractivity contribution in [1.29, 1.82) is 0 Å². The van der Waals surface area contributed by atoms with E-state index >= 15 is 0 Å². The number of unbranched alkanes of at least 4 members (excludes halogenated alkanes) is 1. The summed E-state index contributed by atoms with van der Waals surface area (Å²) in [4.78, 5) is 27.0. The number of methoxy groups -OCH3 is 2. The lowest BCUT2D eigenvalue weighted by Gasteiger charge is -2.35. The SMILES string of the molecule is CCCC[C@@H](C[C@H](OC(=O)C(OC)(c1ccccc1)C(F)(F)F)c1ccccc1)OC(=O)C(OC)(c1ccccc1)C(F)(F)F. The van der Waals surface area contributed by atoms with Crippen molar-refractivity contribution in [3.05, 3.63) is 108 Å². The highest BCUT2D eigenvalue weighted by Crippen LogP contribution is 2.46. The summed E-state index contributed by atoms with van der Waals surface area (Å²) in [6.45, 7) is 1.79. The molecular weight excluding hydrogens is 606 g/mol. The summed E-state index contributed by atoms with van der Waals surface area (Å²) >= 11 is 0. The fourth-order valence-electron chi connectivity index (χ4n) is 5.04. The summed E-state index contributed by atoms with van der Waals surface area (Å²) in [5.41, 5.74) is -7.86. The Kier molecular flexibility index (Phi) is 11.8. The van der Waals surface area contributed by atoms with Gasteiger partial charge in [0, 0.05) is 31.8 Å². The molecule has 3 aromatic carbocycles. The molecule has 0 radical (unpaired) electrons. The standard InChI is InChI=1S/C33H34F6O6/c1-4-5-21-26(44-28(40)30(42-2,32(34,35)36)24-17-11-7-12-18-24)22-27(23-15-9-6-10-16-23)45-29(41)31(43-3,33(37,38)39)25-19-13-8-14-20-25/h6-20,26-27H,4-5,21-22H2,1-3H3/t26-,27-,30?,31?/m0/s1. The van der Waals surface area contributed by atoms with Gasteiger partial charge in [0.05, 0.1) is 0 Å². The number of benzene rings is 3. The quantitative estimate of drug-likeness (QED) is 0.132. The second kappa shape index (κ2) is 14.9. The van der Waals surface area contributed by atoms with E-state index in [2.05, 4.69) is 0 Å². The molecule has 3 aromatic rings. The third-order valence-corrected chi connectivity index (χ3v) is 7.40. The number of carbonyl (C=O) groups excluding carboxylic acids is 2. The van der Waals surface area contributed by atoms with Gasteiger partial charge in [0.15, 0.2) is 0 Å². The van der Waals surface area contributed by atoms with Crippen molar-refractivity contribution >= 4 is 11.9 Å². The second-order valence-corrected chi connectivity index (χ2v) is 10.2. The fourth-order valence-corrected chi connectivity index (χ4v) is 5.04. The highest BCUT2D eigenvalue weighted by molar-refractivity contribution is 5.83. The van der Waals surface area contributed by atoms with Crippen LogP contribution in [-0.4, -0.2) is 44.6 Å². The summed E-state index contributed by atoms with van der Waals surface area (Å²) in [6, 6.07) is 20.0. The molecule has 4 atom stereocenters. The van der Waals surface area contributed by atoms with Crippen LogP contribution >= 0.6 is 0 Å². The Morgan fingerprint density at radius 3 is 1.42 bits per heavy atom. The molecule has 6 nitrogen and oxygen atoms in total. The highest BCUT2D eigenvalue weighted by atomic mass is 19.4. The van der Waals surface area contributed by atoms with Gasteiger partial charge in [-0.2, -0.15) is 26.3 Å². The first-order chi connectivity index (χ1) is 21.3. The zero-order valence-corrected chi connectivity index (χ0v) is 24.9. The van der Waals surface area contributed by atoms with Crippen molar-refractivity contribution in [2.45, 2.75) is 68.4 Å². The van der Waals surface area contributed by atoms with Crippen molar-refractivity contribution in [2.75, 3.05) is 14.2 Å². The lowest BCUT2D eigenvalue weighted by molar-refractivity contribution is -0.280. The van der Waals surface area contributed by atoms with Crippen molar-refractivity contribution in [1.82, 2.24) is 0 Å². The van der Waals surface area contributed by atoms with Crippen LogP contribution in [0, 0.1) is 0 Å². The molecule has 244 valence electrons. The first-order valence-electron chi connectivity index (χ1n) is 14.1. The van der Waals surface area contributed by atoms with Crippen LogP contribution in [-0.2, 0) is 39.7 Å². The van der Waals surface area contributed by atoms with Gasteiger partial charge in [0.2, 0.25) is 0 Å². The molecule has 45 heavy (non-hydrogen) atoms. The summed E-state index contributed by atoms with van der Waals surface area (Å²) in [5, 5.41) is 0. The molecule has 0 saturated carbocycles. The number of rotatable bonds is 14. The number of ether oxygens (including phenoxy) is 4. The maximum atomic E-state index is 14.6. The molecule has 0 spiro atoms. The maximum Gasteiger partial charge on any atom is 0.432 e. The van der Waals surface area contributed by atoms with Crippen LogP contribution in [0.1, 0.15) is 55.4 Å². The Hall–Kier alpha value is -3.90. The van der Waals surface area contributed by atoms with Gasteiger partial charge in [-0.25, -0.2) is 9.59 Å². The number of halogens is 6. The van der Waals surface area contributed by atoms with Crippen LogP contribution in [0.5, 0.6) is 0 Å². The Bertz CT molecular complexity index is 1370. The molecule has 0 bridgehead atoms. The molecule has 2 unspecified atom stereocenters. The number of carbonyl (C=O) groups is 2. The average Bonchev–Trinajstić information content (AvgIpc) is 3.01. The molecule has 0 aliphatic rings. The summed E-state index contributed by atoms with van der Waals surface area (Å²) in [7, 11) is 1.44. The Labute approximate surface area is 257 Å².